The molecule has 0 atom stereocenters. The highest BCUT2D eigenvalue weighted by atomic mass is 16.5. The first kappa shape index (κ1) is 14.9. The van der Waals surface area contributed by atoms with Gasteiger partial charge >= 0.3 is 0 Å². The van der Waals surface area contributed by atoms with Gasteiger partial charge in [-0.3, -0.25) is 0 Å². The first-order chi connectivity index (χ1) is 10.3. The van der Waals surface area contributed by atoms with Crippen molar-refractivity contribution in [2.45, 2.75) is 13.2 Å². The highest BCUT2D eigenvalue weighted by Gasteiger charge is 2.06. The van der Waals surface area contributed by atoms with Crippen molar-refractivity contribution in [3.05, 3.63) is 59.2 Å². The number of nitrogens with one attached hydrogen (secondary N) is 1. The van der Waals surface area contributed by atoms with Gasteiger partial charge in [-0.05, 0) is 42.4 Å². The molecule has 2 rings (SSSR count). The smallest absolute Gasteiger partial charge is 0.161 e. The fourth-order valence-corrected chi connectivity index (χ4v) is 1.98. The molecule has 0 bridgehead atoms. The van der Waals surface area contributed by atoms with Gasteiger partial charge in [0.15, 0.2) is 11.5 Å². The van der Waals surface area contributed by atoms with E-state index in [1.54, 1.807) is 19.2 Å². The van der Waals surface area contributed by atoms with E-state index in [-0.39, 0.29) is 0 Å². The Hall–Kier alpha value is -2.51. The molecule has 1 N–H and O–H groups in total. The highest BCUT2D eigenvalue weighted by molar-refractivity contribution is 5.43. The Labute approximate surface area is 124 Å². The first-order valence-corrected chi connectivity index (χ1v) is 6.70. The monoisotopic (exact) mass is 282 g/mol. The quantitative estimate of drug-likeness (QED) is 0.885. The van der Waals surface area contributed by atoms with Crippen LogP contribution in [0.15, 0.2) is 42.5 Å². The van der Waals surface area contributed by atoms with Gasteiger partial charge in [-0.15, -0.1) is 0 Å². The predicted molar refractivity (Wildman–Crippen MR) is 81.2 cm³/mol. The molecule has 0 unspecified atom stereocenters. The lowest BCUT2D eigenvalue weighted by Gasteiger charge is -2.12. The lowest BCUT2D eigenvalue weighted by atomic mass is 10.1. The van der Waals surface area contributed by atoms with Crippen LogP contribution in [-0.2, 0) is 13.2 Å². The van der Waals surface area contributed by atoms with Gasteiger partial charge in [0.25, 0.3) is 0 Å². The minimum absolute atomic E-state index is 0.436. The molecule has 4 nitrogen and oxygen atoms in total. The van der Waals surface area contributed by atoms with E-state index in [2.05, 4.69) is 11.4 Å². The molecule has 0 aliphatic carbocycles. The average molecular weight is 282 g/mol. The van der Waals surface area contributed by atoms with Gasteiger partial charge in [-0.2, -0.15) is 5.26 Å². The third-order valence-electron chi connectivity index (χ3n) is 3.09. The number of ether oxygens (including phenoxy) is 2. The molecule has 2 aromatic rings. The van der Waals surface area contributed by atoms with Gasteiger partial charge < -0.3 is 14.8 Å². The van der Waals surface area contributed by atoms with Gasteiger partial charge in [0.2, 0.25) is 0 Å². The molecule has 0 radical (unpaired) electrons. The Balaban J connectivity index is 2.10. The second-order valence-corrected chi connectivity index (χ2v) is 4.61. The lowest BCUT2D eigenvalue weighted by molar-refractivity contribution is 0.284. The predicted octanol–water partition coefficient (Wildman–Crippen LogP) is 2.87. The average Bonchev–Trinajstić information content (AvgIpc) is 2.54. The maximum absolute atomic E-state index is 8.78. The summed E-state index contributed by atoms with van der Waals surface area (Å²) in [7, 11) is 3.53. The number of nitrogens with zero attached hydrogens (tertiary/aromatic N) is 1. The normalized spacial score (nSPS) is 9.95. The summed E-state index contributed by atoms with van der Waals surface area (Å²) in [4.78, 5) is 0. The molecule has 0 saturated carbocycles. The maximum atomic E-state index is 8.78. The van der Waals surface area contributed by atoms with Crippen LogP contribution in [0, 0.1) is 11.3 Å². The van der Waals surface area contributed by atoms with E-state index in [9.17, 15) is 0 Å². The van der Waals surface area contributed by atoms with E-state index in [1.807, 2.05) is 37.4 Å². The van der Waals surface area contributed by atoms with Crippen LogP contribution < -0.4 is 14.8 Å². The first-order valence-electron chi connectivity index (χ1n) is 6.70. The Morgan fingerprint density at radius 1 is 1.05 bits per heavy atom. The molecule has 2 aromatic carbocycles. The minimum Gasteiger partial charge on any atom is -0.493 e. The molecule has 0 aromatic heterocycles. The second-order valence-electron chi connectivity index (χ2n) is 4.61. The number of benzene rings is 2. The largest absolute Gasteiger partial charge is 0.493 e. The molecule has 4 heteroatoms. The van der Waals surface area contributed by atoms with Crippen LogP contribution in [0.2, 0.25) is 0 Å². The molecule has 21 heavy (non-hydrogen) atoms. The van der Waals surface area contributed by atoms with E-state index >= 15 is 0 Å². The van der Waals surface area contributed by atoms with Crippen LogP contribution in [0.5, 0.6) is 11.5 Å². The number of hydrogen-bond donors (Lipinski definition) is 1. The van der Waals surface area contributed by atoms with E-state index in [1.165, 1.54) is 0 Å². The summed E-state index contributed by atoms with van der Waals surface area (Å²) in [6.07, 6.45) is 0. The summed E-state index contributed by atoms with van der Waals surface area (Å²) in [6, 6.07) is 15.3. The molecule has 0 saturated heterocycles. The Kier molecular flexibility index (Phi) is 5.19. The molecule has 0 spiro atoms. The van der Waals surface area contributed by atoms with Gasteiger partial charge in [-0.25, -0.2) is 0 Å². The number of hydrogen-bond acceptors (Lipinski definition) is 4. The fraction of sp³-hybridized carbons (Fsp3) is 0.235. The molecule has 0 aliphatic heterocycles. The second kappa shape index (κ2) is 7.32. The molecule has 0 aliphatic rings. The van der Waals surface area contributed by atoms with Crippen molar-refractivity contribution < 1.29 is 9.47 Å². The summed E-state index contributed by atoms with van der Waals surface area (Å²) in [5.41, 5.74) is 2.79. The van der Waals surface area contributed by atoms with Crippen LogP contribution in [0.3, 0.4) is 0 Å². The van der Waals surface area contributed by atoms with Crippen molar-refractivity contribution in [3.63, 3.8) is 0 Å². The Morgan fingerprint density at radius 3 is 2.38 bits per heavy atom. The van der Waals surface area contributed by atoms with Crippen LogP contribution >= 0.6 is 0 Å². The van der Waals surface area contributed by atoms with Crippen LogP contribution in [0.1, 0.15) is 16.7 Å². The molecule has 0 amide bonds. The van der Waals surface area contributed by atoms with Crippen LogP contribution in [0.4, 0.5) is 0 Å². The minimum atomic E-state index is 0.436. The zero-order valence-electron chi connectivity index (χ0n) is 12.2. The van der Waals surface area contributed by atoms with Crippen molar-refractivity contribution in [2.24, 2.45) is 0 Å². The van der Waals surface area contributed by atoms with Gasteiger partial charge in [0.05, 0.1) is 18.7 Å². The van der Waals surface area contributed by atoms with Crippen molar-refractivity contribution in [1.29, 1.82) is 5.26 Å². The highest BCUT2D eigenvalue weighted by Crippen LogP contribution is 2.28. The summed E-state index contributed by atoms with van der Waals surface area (Å²) in [5, 5.41) is 11.9. The fourth-order valence-electron chi connectivity index (χ4n) is 1.98. The topological polar surface area (TPSA) is 54.3 Å². The molecule has 0 fully saturated rings. The third-order valence-corrected chi connectivity index (χ3v) is 3.09. The van der Waals surface area contributed by atoms with E-state index < -0.39 is 0 Å². The van der Waals surface area contributed by atoms with Crippen LogP contribution in [-0.4, -0.2) is 14.2 Å². The number of nitriles is 1. The Bertz CT molecular complexity index is 630. The number of rotatable bonds is 6. The van der Waals surface area contributed by atoms with E-state index in [0.29, 0.717) is 17.9 Å². The third kappa shape index (κ3) is 3.98. The van der Waals surface area contributed by atoms with E-state index in [0.717, 1.165) is 23.4 Å². The van der Waals surface area contributed by atoms with Crippen molar-refractivity contribution in [2.75, 3.05) is 14.2 Å². The standard InChI is InChI=1S/C17H18N2O2/c1-19-11-15-7-8-16(20-2)17(9-15)21-12-14-5-3-13(10-18)4-6-14/h3-9,19H,11-12H2,1-2H3. The number of methoxy groups -OCH3 is 1. The molecule has 108 valence electrons. The van der Waals surface area contributed by atoms with Gasteiger partial charge in [0, 0.05) is 6.54 Å². The molecular weight excluding hydrogens is 264 g/mol. The summed E-state index contributed by atoms with van der Waals surface area (Å²) in [5.74, 6) is 1.43. The van der Waals surface area contributed by atoms with Gasteiger partial charge in [0.1, 0.15) is 6.61 Å². The lowest BCUT2D eigenvalue weighted by Crippen LogP contribution is -2.05. The van der Waals surface area contributed by atoms with Crippen molar-refractivity contribution in [1.82, 2.24) is 5.32 Å². The van der Waals surface area contributed by atoms with Crippen molar-refractivity contribution in [3.8, 4) is 17.6 Å². The summed E-state index contributed by atoms with van der Waals surface area (Å²) < 4.78 is 11.2. The van der Waals surface area contributed by atoms with Gasteiger partial charge in [-0.1, -0.05) is 18.2 Å². The zero-order valence-corrected chi connectivity index (χ0v) is 12.2. The van der Waals surface area contributed by atoms with E-state index in [4.69, 9.17) is 14.7 Å². The summed E-state index contributed by atoms with van der Waals surface area (Å²) >= 11 is 0. The SMILES string of the molecule is CNCc1ccc(OC)c(OCc2ccc(C#N)cc2)c1. The molecular formula is C17H18N2O2. The summed E-state index contributed by atoms with van der Waals surface area (Å²) in [6.45, 7) is 1.21. The van der Waals surface area contributed by atoms with Crippen molar-refractivity contribution >= 4 is 0 Å². The Morgan fingerprint density at radius 2 is 1.76 bits per heavy atom. The maximum Gasteiger partial charge on any atom is 0.161 e. The molecule has 0 heterocycles. The van der Waals surface area contributed by atoms with Crippen LogP contribution in [0.25, 0.3) is 0 Å². The zero-order chi connectivity index (χ0) is 15.1.